The van der Waals surface area contributed by atoms with E-state index in [4.69, 9.17) is 0 Å². The van der Waals surface area contributed by atoms with Gasteiger partial charge >= 0.3 is 0 Å². The third-order valence-corrected chi connectivity index (χ3v) is 1.27. The molecule has 0 aromatic heterocycles. The first-order valence-electron chi connectivity index (χ1n) is 2.80. The van der Waals surface area contributed by atoms with Gasteiger partial charge in [-0.3, -0.25) is 5.43 Å². The number of allylic oxidation sites excluding steroid dienone is 2. The van der Waals surface area contributed by atoms with Crippen molar-refractivity contribution in [1.82, 2.24) is 10.3 Å². The standard InChI is InChI=1S/C6H6N3/c1-2-4-9-5-7-8-6(9)3-1/h1-2,4,7H,5H2. The summed E-state index contributed by atoms with van der Waals surface area (Å²) >= 11 is 0. The highest BCUT2D eigenvalue weighted by molar-refractivity contribution is 5.91. The monoisotopic (exact) mass is 120 g/mol. The Labute approximate surface area is 53.3 Å². The molecule has 2 aliphatic heterocycles. The Kier molecular flexibility index (Phi) is 0.828. The molecule has 3 nitrogen and oxygen atoms in total. The zero-order valence-electron chi connectivity index (χ0n) is 4.83. The number of nitrogens with zero attached hydrogens (tertiary/aromatic N) is 2. The van der Waals surface area contributed by atoms with Gasteiger partial charge in [0.05, 0.1) is 0 Å². The summed E-state index contributed by atoms with van der Waals surface area (Å²) < 4.78 is 0. The second-order valence-corrected chi connectivity index (χ2v) is 1.87. The second kappa shape index (κ2) is 1.62. The molecule has 9 heavy (non-hydrogen) atoms. The Balaban J connectivity index is 2.33. The maximum absolute atomic E-state index is 3.96. The van der Waals surface area contributed by atoms with Crippen molar-refractivity contribution in [2.45, 2.75) is 0 Å². The molecule has 0 aromatic carbocycles. The first kappa shape index (κ1) is 4.61. The average Bonchev–Trinajstić information content (AvgIpc) is 2.33. The highest BCUT2D eigenvalue weighted by atomic mass is 15.5. The minimum absolute atomic E-state index is 0.771. The van der Waals surface area contributed by atoms with Crippen LogP contribution < -0.4 is 5.43 Å². The van der Waals surface area contributed by atoms with E-state index in [9.17, 15) is 0 Å². The van der Waals surface area contributed by atoms with Gasteiger partial charge in [-0.2, -0.15) is 5.10 Å². The van der Waals surface area contributed by atoms with Crippen LogP contribution in [-0.2, 0) is 0 Å². The van der Waals surface area contributed by atoms with Crippen LogP contribution >= 0.6 is 0 Å². The minimum atomic E-state index is 0.771. The topological polar surface area (TPSA) is 27.6 Å². The summed E-state index contributed by atoms with van der Waals surface area (Å²) in [5.74, 6) is 0.873. The van der Waals surface area contributed by atoms with Gasteiger partial charge in [0.1, 0.15) is 6.67 Å². The summed E-state index contributed by atoms with van der Waals surface area (Å²) in [6.45, 7) is 0.771. The fourth-order valence-electron chi connectivity index (χ4n) is 0.834. The minimum Gasteiger partial charge on any atom is -0.312 e. The van der Waals surface area contributed by atoms with E-state index in [0.717, 1.165) is 12.5 Å². The van der Waals surface area contributed by atoms with Gasteiger partial charge in [0.2, 0.25) is 0 Å². The predicted octanol–water partition coefficient (Wildman–Crippen LogP) is 0.0493. The van der Waals surface area contributed by atoms with Gasteiger partial charge < -0.3 is 4.90 Å². The molecule has 45 valence electrons. The molecular formula is C6H6N3. The first-order valence-corrected chi connectivity index (χ1v) is 2.80. The third kappa shape index (κ3) is 0.614. The van der Waals surface area contributed by atoms with Gasteiger partial charge in [-0.1, -0.05) is 0 Å². The van der Waals surface area contributed by atoms with Gasteiger partial charge in [-0.25, -0.2) is 0 Å². The Bertz CT molecular complexity index is 200. The first-order chi connectivity index (χ1) is 4.47. The molecule has 2 rings (SSSR count). The van der Waals surface area contributed by atoms with E-state index in [1.54, 1.807) is 0 Å². The molecule has 0 amide bonds. The highest BCUT2D eigenvalue weighted by Crippen LogP contribution is 2.03. The average molecular weight is 120 g/mol. The molecule has 3 heteroatoms. The molecule has 0 unspecified atom stereocenters. The van der Waals surface area contributed by atoms with Crippen LogP contribution in [0.25, 0.3) is 0 Å². The van der Waals surface area contributed by atoms with Gasteiger partial charge in [-0.15, -0.1) is 0 Å². The van der Waals surface area contributed by atoms with E-state index in [1.165, 1.54) is 0 Å². The lowest BCUT2D eigenvalue weighted by molar-refractivity contribution is 0.549. The Morgan fingerprint density at radius 1 is 1.78 bits per heavy atom. The molecule has 0 fully saturated rings. The summed E-state index contributed by atoms with van der Waals surface area (Å²) in [4.78, 5) is 1.99. The number of hydrazone groups is 1. The van der Waals surface area contributed by atoms with Crippen molar-refractivity contribution in [2.24, 2.45) is 5.10 Å². The number of amidine groups is 1. The van der Waals surface area contributed by atoms with Crippen LogP contribution in [0.2, 0.25) is 0 Å². The van der Waals surface area contributed by atoms with Gasteiger partial charge in [-0.05, 0) is 12.2 Å². The number of hydrogen-bond donors (Lipinski definition) is 1. The van der Waals surface area contributed by atoms with E-state index in [2.05, 4.69) is 16.6 Å². The van der Waals surface area contributed by atoms with Crippen LogP contribution in [0.3, 0.4) is 0 Å². The normalized spacial score (nSPS) is 21.3. The smallest absolute Gasteiger partial charge is 0.162 e. The summed E-state index contributed by atoms with van der Waals surface area (Å²) in [7, 11) is 0. The summed E-state index contributed by atoms with van der Waals surface area (Å²) in [6, 6.07) is 0. The number of nitrogens with one attached hydrogen (secondary N) is 1. The molecule has 2 aliphatic rings. The zero-order valence-corrected chi connectivity index (χ0v) is 4.83. The zero-order chi connectivity index (χ0) is 6.10. The molecule has 0 aliphatic carbocycles. The van der Waals surface area contributed by atoms with Crippen molar-refractivity contribution in [1.29, 1.82) is 0 Å². The lowest BCUT2D eigenvalue weighted by Crippen LogP contribution is -2.23. The molecule has 0 aromatic rings. The van der Waals surface area contributed by atoms with Crippen molar-refractivity contribution in [3.63, 3.8) is 0 Å². The van der Waals surface area contributed by atoms with Crippen LogP contribution in [-0.4, -0.2) is 17.4 Å². The van der Waals surface area contributed by atoms with Gasteiger partial charge in [0.15, 0.2) is 5.84 Å². The van der Waals surface area contributed by atoms with E-state index in [0.29, 0.717) is 0 Å². The predicted molar refractivity (Wildman–Crippen MR) is 34.2 cm³/mol. The van der Waals surface area contributed by atoms with Crippen LogP contribution in [0.4, 0.5) is 0 Å². The molecule has 0 bridgehead atoms. The molecule has 0 spiro atoms. The van der Waals surface area contributed by atoms with Gasteiger partial charge in [0, 0.05) is 12.3 Å². The number of fused-ring (bicyclic) bond motifs is 1. The fourth-order valence-corrected chi connectivity index (χ4v) is 0.834. The molecule has 0 saturated carbocycles. The molecule has 1 radical (unpaired) electrons. The van der Waals surface area contributed by atoms with Crippen LogP contribution in [0.1, 0.15) is 0 Å². The van der Waals surface area contributed by atoms with Crippen molar-refractivity contribution >= 4 is 5.84 Å². The molecule has 2 heterocycles. The van der Waals surface area contributed by atoms with E-state index in [-0.39, 0.29) is 0 Å². The van der Waals surface area contributed by atoms with Crippen LogP contribution in [0, 0.1) is 6.08 Å². The fraction of sp³-hybridized carbons (Fsp3) is 0.167. The van der Waals surface area contributed by atoms with E-state index >= 15 is 0 Å². The van der Waals surface area contributed by atoms with Crippen molar-refractivity contribution < 1.29 is 0 Å². The van der Waals surface area contributed by atoms with Gasteiger partial charge in [0.25, 0.3) is 0 Å². The Hall–Kier alpha value is -1.25. The largest absolute Gasteiger partial charge is 0.312 e. The number of hydrogen-bond acceptors (Lipinski definition) is 3. The van der Waals surface area contributed by atoms with Crippen molar-refractivity contribution in [3.8, 4) is 0 Å². The molecule has 0 saturated heterocycles. The Morgan fingerprint density at radius 2 is 2.78 bits per heavy atom. The SMILES string of the molecule is [C]1=CC=CN2CNN=C12. The highest BCUT2D eigenvalue weighted by Gasteiger charge is 2.12. The third-order valence-electron chi connectivity index (χ3n) is 1.27. The summed E-state index contributed by atoms with van der Waals surface area (Å²) in [5.41, 5.74) is 2.84. The second-order valence-electron chi connectivity index (χ2n) is 1.87. The quantitative estimate of drug-likeness (QED) is 0.489. The maximum Gasteiger partial charge on any atom is 0.162 e. The summed E-state index contributed by atoms with van der Waals surface area (Å²) in [5, 5.41) is 3.96. The van der Waals surface area contributed by atoms with E-state index in [1.807, 2.05) is 23.3 Å². The van der Waals surface area contributed by atoms with Crippen molar-refractivity contribution in [3.05, 3.63) is 24.4 Å². The Morgan fingerprint density at radius 3 is 3.67 bits per heavy atom. The summed E-state index contributed by atoms with van der Waals surface area (Å²) in [6.07, 6.45) is 8.74. The molecule has 1 N–H and O–H groups in total. The molecular weight excluding hydrogens is 114 g/mol. The molecule has 0 atom stereocenters. The lowest BCUT2D eigenvalue weighted by atomic mass is 10.3. The van der Waals surface area contributed by atoms with E-state index < -0.39 is 0 Å². The lowest BCUT2D eigenvalue weighted by Gasteiger charge is -2.11. The van der Waals surface area contributed by atoms with Crippen LogP contribution in [0.15, 0.2) is 23.5 Å². The van der Waals surface area contributed by atoms with Crippen LogP contribution in [0.5, 0.6) is 0 Å². The number of rotatable bonds is 0. The van der Waals surface area contributed by atoms with Crippen molar-refractivity contribution in [2.75, 3.05) is 6.67 Å². The maximum atomic E-state index is 3.96.